The Hall–Kier alpha value is -1.14. The van der Waals surface area contributed by atoms with Gasteiger partial charge in [0.05, 0.1) is 0 Å². The molecule has 4 N–H and O–H groups in total. The van der Waals surface area contributed by atoms with E-state index in [0.717, 1.165) is 12.8 Å². The molecule has 0 fully saturated rings. The number of nitrogens with two attached hydrogens (primary N) is 2. The number of unbranched alkanes of at least 4 members (excludes halogenated alkanes) is 1. The lowest BCUT2D eigenvalue weighted by molar-refractivity contribution is -0.260. The van der Waals surface area contributed by atoms with E-state index in [1.807, 2.05) is 6.92 Å². The van der Waals surface area contributed by atoms with Crippen molar-refractivity contribution in [2.45, 2.75) is 45.1 Å². The second-order valence-corrected chi connectivity index (χ2v) is 3.50. The zero-order valence-corrected chi connectivity index (χ0v) is 9.61. The Bertz CT molecular complexity index is 221. The molecule has 0 aromatic heterocycles. The largest absolute Gasteiger partial charge is 0.372 e. The van der Waals surface area contributed by atoms with Gasteiger partial charge in [0.25, 0.3) is 0 Å². The highest BCUT2D eigenvalue weighted by Crippen LogP contribution is 2.01. The summed E-state index contributed by atoms with van der Waals surface area (Å²) in [6.45, 7) is 2.38. The van der Waals surface area contributed by atoms with Crippen molar-refractivity contribution in [1.29, 1.82) is 0 Å². The van der Waals surface area contributed by atoms with E-state index in [2.05, 4.69) is 9.78 Å². The predicted octanol–water partition coefficient (Wildman–Crippen LogP) is 0.244. The van der Waals surface area contributed by atoms with Crippen molar-refractivity contribution in [3.8, 4) is 0 Å². The molecule has 0 saturated heterocycles. The van der Waals surface area contributed by atoms with E-state index in [1.165, 1.54) is 0 Å². The fraction of sp³-hybridized carbons (Fsp3) is 0.800. The third-order valence-corrected chi connectivity index (χ3v) is 1.94. The first-order chi connectivity index (χ1) is 7.61. The van der Waals surface area contributed by atoms with Crippen molar-refractivity contribution in [3.05, 3.63) is 0 Å². The molecule has 0 unspecified atom stereocenters. The van der Waals surface area contributed by atoms with Crippen molar-refractivity contribution in [2.75, 3.05) is 6.54 Å². The van der Waals surface area contributed by atoms with Crippen LogP contribution in [-0.2, 0) is 19.4 Å². The van der Waals surface area contributed by atoms with Crippen LogP contribution in [0.25, 0.3) is 0 Å². The second-order valence-electron chi connectivity index (χ2n) is 3.50. The molecule has 0 aromatic rings. The monoisotopic (exact) mass is 232 g/mol. The minimum atomic E-state index is -0.763. The highest BCUT2D eigenvalue weighted by molar-refractivity contribution is 5.76. The summed E-state index contributed by atoms with van der Waals surface area (Å²) in [5.41, 5.74) is 10.8. The predicted molar refractivity (Wildman–Crippen MR) is 58.0 cm³/mol. The average molecular weight is 232 g/mol. The van der Waals surface area contributed by atoms with Crippen LogP contribution >= 0.6 is 0 Å². The molecule has 0 aliphatic heterocycles. The number of hydrogen-bond acceptors (Lipinski definition) is 6. The summed E-state index contributed by atoms with van der Waals surface area (Å²) in [5.74, 6) is -1.29. The Morgan fingerprint density at radius 3 is 2.50 bits per heavy atom. The van der Waals surface area contributed by atoms with Crippen molar-refractivity contribution in [2.24, 2.45) is 11.5 Å². The first kappa shape index (κ1) is 14.9. The summed E-state index contributed by atoms with van der Waals surface area (Å²) in [5, 5.41) is 0. The van der Waals surface area contributed by atoms with Crippen molar-refractivity contribution < 1.29 is 19.4 Å². The van der Waals surface area contributed by atoms with Crippen LogP contribution < -0.4 is 11.5 Å². The number of carbonyl (C=O) groups is 2. The molecule has 94 valence electrons. The van der Waals surface area contributed by atoms with Crippen molar-refractivity contribution in [1.82, 2.24) is 0 Å². The maximum atomic E-state index is 11.2. The Morgan fingerprint density at radius 2 is 1.94 bits per heavy atom. The summed E-state index contributed by atoms with van der Waals surface area (Å²) < 4.78 is 0. The highest BCUT2D eigenvalue weighted by Gasteiger charge is 2.17. The van der Waals surface area contributed by atoms with Gasteiger partial charge in [0.2, 0.25) is 0 Å². The van der Waals surface area contributed by atoms with Gasteiger partial charge in [-0.15, -0.1) is 0 Å². The lowest BCUT2D eigenvalue weighted by Gasteiger charge is -2.08. The molecule has 0 aromatic carbocycles. The third kappa shape index (κ3) is 7.19. The number of carbonyl (C=O) groups excluding carboxylic acids is 2. The van der Waals surface area contributed by atoms with Crippen LogP contribution in [0, 0.1) is 0 Å². The van der Waals surface area contributed by atoms with Crippen LogP contribution in [0.5, 0.6) is 0 Å². The van der Waals surface area contributed by atoms with E-state index in [0.29, 0.717) is 19.4 Å². The van der Waals surface area contributed by atoms with E-state index in [9.17, 15) is 9.59 Å². The van der Waals surface area contributed by atoms with Gasteiger partial charge in [0.15, 0.2) is 0 Å². The molecule has 16 heavy (non-hydrogen) atoms. The number of rotatable bonds is 7. The molecular weight excluding hydrogens is 212 g/mol. The molecule has 0 saturated carbocycles. The maximum absolute atomic E-state index is 11.2. The van der Waals surface area contributed by atoms with Crippen LogP contribution in [-0.4, -0.2) is 24.5 Å². The van der Waals surface area contributed by atoms with E-state index >= 15 is 0 Å². The first-order valence-corrected chi connectivity index (χ1v) is 5.48. The molecule has 0 aliphatic carbocycles. The molecule has 0 spiro atoms. The fourth-order valence-corrected chi connectivity index (χ4v) is 1.02. The van der Waals surface area contributed by atoms with Gasteiger partial charge in [0, 0.05) is 6.42 Å². The van der Waals surface area contributed by atoms with Crippen LogP contribution in [0.2, 0.25) is 0 Å². The van der Waals surface area contributed by atoms with Gasteiger partial charge in [-0.1, -0.05) is 13.3 Å². The Kier molecular flexibility index (Phi) is 8.46. The average Bonchev–Trinajstić information content (AvgIpc) is 2.26. The molecule has 0 rings (SSSR count). The van der Waals surface area contributed by atoms with Crippen LogP contribution in [0.4, 0.5) is 0 Å². The zero-order valence-electron chi connectivity index (χ0n) is 9.61. The first-order valence-electron chi connectivity index (χ1n) is 5.48. The molecule has 0 aliphatic rings. The molecular formula is C10H20N2O4. The van der Waals surface area contributed by atoms with Crippen LogP contribution in [0.1, 0.15) is 39.0 Å². The van der Waals surface area contributed by atoms with E-state index in [4.69, 9.17) is 11.5 Å². The van der Waals surface area contributed by atoms with Gasteiger partial charge < -0.3 is 11.5 Å². The minimum absolute atomic E-state index is 0.218. The lowest BCUT2D eigenvalue weighted by Crippen LogP contribution is -2.33. The lowest BCUT2D eigenvalue weighted by atomic mass is 10.1. The summed E-state index contributed by atoms with van der Waals surface area (Å²) in [7, 11) is 0. The van der Waals surface area contributed by atoms with Gasteiger partial charge in [-0.25, -0.2) is 19.4 Å². The van der Waals surface area contributed by atoms with Gasteiger partial charge in [0.1, 0.15) is 6.04 Å². The quantitative estimate of drug-likeness (QED) is 0.370. The van der Waals surface area contributed by atoms with E-state index in [-0.39, 0.29) is 6.42 Å². The summed E-state index contributed by atoms with van der Waals surface area (Å²) >= 11 is 0. The number of hydrogen-bond donors (Lipinski definition) is 2. The van der Waals surface area contributed by atoms with Gasteiger partial charge in [-0.2, -0.15) is 0 Å². The molecule has 1 atom stereocenters. The summed E-state index contributed by atoms with van der Waals surface area (Å²) in [6, 6.07) is -0.763. The Morgan fingerprint density at radius 1 is 1.25 bits per heavy atom. The highest BCUT2D eigenvalue weighted by atomic mass is 17.2. The Balaban J connectivity index is 3.66. The fourth-order valence-electron chi connectivity index (χ4n) is 1.02. The zero-order chi connectivity index (χ0) is 12.4. The van der Waals surface area contributed by atoms with E-state index < -0.39 is 18.0 Å². The van der Waals surface area contributed by atoms with Gasteiger partial charge in [-0.05, 0) is 25.8 Å². The molecule has 0 radical (unpaired) electrons. The normalized spacial score (nSPS) is 11.9. The van der Waals surface area contributed by atoms with E-state index in [1.54, 1.807) is 0 Å². The van der Waals surface area contributed by atoms with Gasteiger partial charge in [-0.3, -0.25) is 0 Å². The summed E-state index contributed by atoms with van der Waals surface area (Å²) in [6.07, 6.45) is 2.88. The van der Waals surface area contributed by atoms with Crippen molar-refractivity contribution >= 4 is 11.9 Å². The summed E-state index contributed by atoms with van der Waals surface area (Å²) in [4.78, 5) is 30.6. The topological polar surface area (TPSA) is 105 Å². The maximum Gasteiger partial charge on any atom is 0.372 e. The molecule has 0 heterocycles. The smallest absolute Gasteiger partial charge is 0.330 e. The van der Waals surface area contributed by atoms with Crippen molar-refractivity contribution in [3.63, 3.8) is 0 Å². The van der Waals surface area contributed by atoms with Crippen LogP contribution in [0.3, 0.4) is 0 Å². The Labute approximate surface area is 95.2 Å². The molecule has 0 amide bonds. The molecule has 6 nitrogen and oxygen atoms in total. The third-order valence-electron chi connectivity index (χ3n) is 1.94. The molecule has 0 bridgehead atoms. The second kappa shape index (κ2) is 9.11. The standard InChI is InChI=1S/C10H20N2O4/c1-2-5-9(13)15-16-10(14)8(12)6-3-4-7-11/h8H,2-7,11-12H2,1H3/t8-/m0/s1. The molecule has 6 heteroatoms. The minimum Gasteiger partial charge on any atom is -0.330 e. The SMILES string of the molecule is CCCC(=O)OOC(=O)[C@@H](N)CCCCN. The van der Waals surface area contributed by atoms with Crippen LogP contribution in [0.15, 0.2) is 0 Å². The van der Waals surface area contributed by atoms with Gasteiger partial charge >= 0.3 is 11.9 Å².